The molecule has 0 unspecified atom stereocenters. The van der Waals surface area contributed by atoms with Gasteiger partial charge in [0.05, 0.1) is 18.5 Å². The average molecular weight is 289 g/mol. The van der Waals surface area contributed by atoms with Crippen molar-refractivity contribution in [2.45, 2.75) is 25.7 Å². The highest BCUT2D eigenvalue weighted by atomic mass is 16.5. The maximum atomic E-state index is 11.6. The van der Waals surface area contributed by atoms with Crippen molar-refractivity contribution in [3.8, 4) is 0 Å². The molecule has 1 amide bonds. The summed E-state index contributed by atoms with van der Waals surface area (Å²) in [4.78, 5) is 16.3. The summed E-state index contributed by atoms with van der Waals surface area (Å²) in [6.45, 7) is 4.30. The fraction of sp³-hybridized carbons (Fsp3) is 0.562. The Morgan fingerprint density at radius 2 is 1.67 bits per heavy atom. The second kappa shape index (κ2) is 6.24. The molecule has 2 fully saturated rings. The van der Waals surface area contributed by atoms with E-state index in [2.05, 4.69) is 33.3 Å². The highest BCUT2D eigenvalue weighted by Crippen LogP contribution is 2.34. The fourth-order valence-electron chi connectivity index (χ4n) is 3.19. The van der Waals surface area contributed by atoms with Gasteiger partial charge in [0.1, 0.15) is 0 Å². The Labute approximate surface area is 125 Å². The zero-order valence-corrected chi connectivity index (χ0v) is 12.6. The molecular formula is C16H23N3O2. The molecule has 0 bridgehead atoms. The smallest absolute Gasteiger partial charge is 0.411 e. The van der Waals surface area contributed by atoms with Crippen molar-refractivity contribution in [2.75, 3.05) is 48.4 Å². The zero-order valence-electron chi connectivity index (χ0n) is 12.6. The van der Waals surface area contributed by atoms with Gasteiger partial charge in [-0.2, -0.15) is 0 Å². The van der Waals surface area contributed by atoms with Crippen molar-refractivity contribution in [3.05, 3.63) is 18.2 Å². The van der Waals surface area contributed by atoms with Crippen molar-refractivity contribution >= 4 is 23.2 Å². The number of carbonyl (C=O) groups is 1. The number of amides is 1. The topological polar surface area (TPSA) is 44.8 Å². The van der Waals surface area contributed by atoms with Gasteiger partial charge in [0, 0.05) is 31.9 Å². The summed E-state index contributed by atoms with van der Waals surface area (Å²) in [7, 11) is 1.40. The summed E-state index contributed by atoms with van der Waals surface area (Å²) in [6, 6.07) is 6.38. The molecule has 5 heteroatoms. The summed E-state index contributed by atoms with van der Waals surface area (Å²) >= 11 is 0. The first-order chi connectivity index (χ1) is 10.3. The number of ether oxygens (including phenoxy) is 1. The summed E-state index contributed by atoms with van der Waals surface area (Å²) in [5, 5.41) is 2.87. The van der Waals surface area contributed by atoms with E-state index < -0.39 is 6.09 Å². The molecule has 2 saturated heterocycles. The van der Waals surface area contributed by atoms with Gasteiger partial charge in [-0.3, -0.25) is 5.32 Å². The van der Waals surface area contributed by atoms with E-state index in [1.54, 1.807) is 0 Å². The molecule has 5 nitrogen and oxygen atoms in total. The summed E-state index contributed by atoms with van der Waals surface area (Å²) < 4.78 is 4.75. The minimum Gasteiger partial charge on any atom is -0.453 e. The largest absolute Gasteiger partial charge is 0.453 e. The predicted octanol–water partition coefficient (Wildman–Crippen LogP) is 3.07. The number of methoxy groups -OCH3 is 1. The third kappa shape index (κ3) is 3.06. The first-order valence-corrected chi connectivity index (χ1v) is 7.77. The molecule has 2 aliphatic rings. The van der Waals surface area contributed by atoms with Gasteiger partial charge >= 0.3 is 6.09 Å². The van der Waals surface area contributed by atoms with Crippen LogP contribution in [0.5, 0.6) is 0 Å². The van der Waals surface area contributed by atoms with Crippen LogP contribution in [-0.4, -0.2) is 39.4 Å². The van der Waals surface area contributed by atoms with E-state index in [1.165, 1.54) is 38.5 Å². The van der Waals surface area contributed by atoms with Crippen LogP contribution >= 0.6 is 0 Å². The first-order valence-electron chi connectivity index (χ1n) is 7.77. The SMILES string of the molecule is COC(=O)Nc1cc(N2CCCC2)ccc1N1CCCC1. The number of nitrogens with zero attached hydrogens (tertiary/aromatic N) is 2. The maximum absolute atomic E-state index is 11.6. The molecule has 0 spiro atoms. The summed E-state index contributed by atoms with van der Waals surface area (Å²) in [6.07, 6.45) is 4.51. The van der Waals surface area contributed by atoms with Crippen molar-refractivity contribution in [3.63, 3.8) is 0 Å². The highest BCUT2D eigenvalue weighted by molar-refractivity contribution is 5.91. The number of hydrogen-bond donors (Lipinski definition) is 1. The second-order valence-corrected chi connectivity index (χ2v) is 5.71. The molecule has 0 radical (unpaired) electrons. The molecule has 114 valence electrons. The minimum atomic E-state index is -0.408. The van der Waals surface area contributed by atoms with Crippen LogP contribution in [0.25, 0.3) is 0 Å². The molecule has 0 saturated carbocycles. The number of benzene rings is 1. The highest BCUT2D eigenvalue weighted by Gasteiger charge is 2.19. The molecule has 0 aliphatic carbocycles. The van der Waals surface area contributed by atoms with Crippen LogP contribution in [0.3, 0.4) is 0 Å². The van der Waals surface area contributed by atoms with Crippen LogP contribution in [0.2, 0.25) is 0 Å². The van der Waals surface area contributed by atoms with Crippen molar-refractivity contribution in [1.82, 2.24) is 0 Å². The number of anilines is 3. The molecule has 0 atom stereocenters. The van der Waals surface area contributed by atoms with Crippen LogP contribution in [-0.2, 0) is 4.74 Å². The standard InChI is InChI=1S/C16H23N3O2/c1-21-16(20)17-14-12-13(18-8-2-3-9-18)6-7-15(14)19-10-4-5-11-19/h6-7,12H,2-5,8-11H2,1H3,(H,17,20). The molecule has 0 aromatic heterocycles. The lowest BCUT2D eigenvalue weighted by molar-refractivity contribution is 0.187. The fourth-order valence-corrected chi connectivity index (χ4v) is 3.19. The number of rotatable bonds is 3. The third-order valence-electron chi connectivity index (χ3n) is 4.32. The molecule has 1 N–H and O–H groups in total. The number of carbonyl (C=O) groups excluding carboxylic acids is 1. The van der Waals surface area contributed by atoms with E-state index >= 15 is 0 Å². The normalized spacial score (nSPS) is 18.1. The van der Waals surface area contributed by atoms with E-state index in [4.69, 9.17) is 4.74 Å². The minimum absolute atomic E-state index is 0.408. The van der Waals surface area contributed by atoms with Crippen molar-refractivity contribution < 1.29 is 9.53 Å². The molecular weight excluding hydrogens is 266 g/mol. The Kier molecular flexibility index (Phi) is 4.18. The van der Waals surface area contributed by atoms with Gasteiger partial charge in [0.15, 0.2) is 0 Å². The Bertz CT molecular complexity index is 506. The monoisotopic (exact) mass is 289 g/mol. The lowest BCUT2D eigenvalue weighted by Gasteiger charge is -2.24. The molecule has 21 heavy (non-hydrogen) atoms. The summed E-state index contributed by atoms with van der Waals surface area (Å²) in [5.74, 6) is 0. The van der Waals surface area contributed by atoms with Gasteiger partial charge in [-0.15, -0.1) is 0 Å². The van der Waals surface area contributed by atoms with Gasteiger partial charge in [-0.1, -0.05) is 0 Å². The van der Waals surface area contributed by atoms with Gasteiger partial charge in [0.2, 0.25) is 0 Å². The van der Waals surface area contributed by atoms with Crippen LogP contribution in [0.15, 0.2) is 18.2 Å². The lowest BCUT2D eigenvalue weighted by atomic mass is 10.2. The third-order valence-corrected chi connectivity index (χ3v) is 4.32. The lowest BCUT2D eigenvalue weighted by Crippen LogP contribution is -2.22. The van der Waals surface area contributed by atoms with Crippen molar-refractivity contribution in [1.29, 1.82) is 0 Å². The molecule has 1 aromatic carbocycles. The predicted molar refractivity (Wildman–Crippen MR) is 85.4 cm³/mol. The summed E-state index contributed by atoms with van der Waals surface area (Å²) in [5.41, 5.74) is 3.14. The van der Waals surface area contributed by atoms with Gasteiger partial charge in [-0.25, -0.2) is 4.79 Å². The molecule has 3 rings (SSSR count). The number of nitrogens with one attached hydrogen (secondary N) is 1. The van der Waals surface area contributed by atoms with E-state index in [0.29, 0.717) is 0 Å². The van der Waals surface area contributed by atoms with Crippen LogP contribution in [0.4, 0.5) is 21.9 Å². The Morgan fingerprint density at radius 1 is 1.05 bits per heavy atom. The quantitative estimate of drug-likeness (QED) is 0.929. The Balaban J connectivity index is 1.88. The van der Waals surface area contributed by atoms with E-state index in [-0.39, 0.29) is 0 Å². The molecule has 1 aromatic rings. The number of hydrogen-bond acceptors (Lipinski definition) is 4. The Hall–Kier alpha value is -1.91. The van der Waals surface area contributed by atoms with Crippen LogP contribution < -0.4 is 15.1 Å². The second-order valence-electron chi connectivity index (χ2n) is 5.71. The van der Waals surface area contributed by atoms with Gasteiger partial charge in [-0.05, 0) is 43.9 Å². The van der Waals surface area contributed by atoms with E-state index in [0.717, 1.165) is 37.6 Å². The molecule has 2 aliphatic heterocycles. The van der Waals surface area contributed by atoms with Crippen molar-refractivity contribution in [2.24, 2.45) is 0 Å². The van der Waals surface area contributed by atoms with E-state index in [1.807, 2.05) is 0 Å². The first kappa shape index (κ1) is 14.0. The van der Waals surface area contributed by atoms with Gasteiger partial charge < -0.3 is 14.5 Å². The van der Waals surface area contributed by atoms with Crippen LogP contribution in [0.1, 0.15) is 25.7 Å². The van der Waals surface area contributed by atoms with E-state index in [9.17, 15) is 4.79 Å². The average Bonchev–Trinajstić information content (AvgIpc) is 3.20. The zero-order chi connectivity index (χ0) is 14.7. The molecule has 2 heterocycles. The van der Waals surface area contributed by atoms with Crippen LogP contribution in [0, 0.1) is 0 Å². The van der Waals surface area contributed by atoms with Gasteiger partial charge in [0.25, 0.3) is 0 Å². The maximum Gasteiger partial charge on any atom is 0.411 e. The Morgan fingerprint density at radius 3 is 2.29 bits per heavy atom.